The highest BCUT2D eigenvalue weighted by Crippen LogP contribution is 2.12. The highest BCUT2D eigenvalue weighted by atomic mass is 16.5. The van der Waals surface area contributed by atoms with Crippen LogP contribution >= 0.6 is 0 Å². The molecule has 0 amide bonds. The van der Waals surface area contributed by atoms with E-state index in [2.05, 4.69) is 11.0 Å². The van der Waals surface area contributed by atoms with Gasteiger partial charge in [-0.05, 0) is 45.0 Å². The summed E-state index contributed by atoms with van der Waals surface area (Å²) in [6.07, 6.45) is 1.47. The van der Waals surface area contributed by atoms with Crippen LogP contribution in [0.2, 0.25) is 0 Å². The van der Waals surface area contributed by atoms with Crippen LogP contribution in [-0.2, 0) is 0 Å². The molecule has 0 aliphatic rings. The van der Waals surface area contributed by atoms with Crippen molar-refractivity contribution in [2.24, 2.45) is 0 Å². The number of aliphatic hydroxyl groups excluding tert-OH is 1. The second-order valence-electron chi connectivity index (χ2n) is 4.78. The van der Waals surface area contributed by atoms with E-state index in [1.807, 2.05) is 19.2 Å². The van der Waals surface area contributed by atoms with E-state index in [4.69, 9.17) is 10.00 Å². The standard InChI is InChI=1S/C15H22N2O2/c1-13(18)7-9-17(2)8-4-10-19-15-6-3-5-14(11-15)12-16/h3,5-6,11,13,18H,4,7-10H2,1-2H3. The summed E-state index contributed by atoms with van der Waals surface area (Å²) in [5, 5.41) is 18.0. The summed E-state index contributed by atoms with van der Waals surface area (Å²) in [5.74, 6) is 0.741. The molecule has 0 fully saturated rings. The van der Waals surface area contributed by atoms with Gasteiger partial charge in [-0.3, -0.25) is 0 Å². The SMILES string of the molecule is CC(O)CCN(C)CCCOc1cccc(C#N)c1. The maximum absolute atomic E-state index is 9.19. The molecule has 0 spiro atoms. The Hall–Kier alpha value is -1.57. The normalized spacial score (nSPS) is 12.2. The molecule has 19 heavy (non-hydrogen) atoms. The maximum Gasteiger partial charge on any atom is 0.120 e. The van der Waals surface area contributed by atoms with Gasteiger partial charge in [0.25, 0.3) is 0 Å². The number of ether oxygens (including phenoxy) is 1. The number of nitrogens with zero attached hydrogens (tertiary/aromatic N) is 2. The van der Waals surface area contributed by atoms with Crippen molar-refractivity contribution in [3.8, 4) is 11.8 Å². The van der Waals surface area contributed by atoms with E-state index < -0.39 is 0 Å². The van der Waals surface area contributed by atoms with E-state index in [1.165, 1.54) is 0 Å². The molecular formula is C15H22N2O2. The Balaban J connectivity index is 2.18. The Kier molecular flexibility index (Phi) is 6.94. The first-order chi connectivity index (χ1) is 9.11. The van der Waals surface area contributed by atoms with E-state index in [-0.39, 0.29) is 6.10 Å². The largest absolute Gasteiger partial charge is 0.494 e. The molecule has 4 nitrogen and oxygen atoms in total. The molecule has 0 saturated carbocycles. The van der Waals surface area contributed by atoms with Gasteiger partial charge in [0.1, 0.15) is 5.75 Å². The Morgan fingerprint density at radius 3 is 2.89 bits per heavy atom. The molecule has 4 heteroatoms. The summed E-state index contributed by atoms with van der Waals surface area (Å²) in [5.41, 5.74) is 0.617. The van der Waals surface area contributed by atoms with E-state index in [0.29, 0.717) is 12.2 Å². The van der Waals surface area contributed by atoms with Crippen LogP contribution in [0.25, 0.3) is 0 Å². The van der Waals surface area contributed by atoms with Crippen LogP contribution in [0.4, 0.5) is 0 Å². The predicted octanol–water partition coefficient (Wildman–Crippen LogP) is 2.03. The van der Waals surface area contributed by atoms with Gasteiger partial charge in [0.2, 0.25) is 0 Å². The molecule has 0 aromatic heterocycles. The summed E-state index contributed by atoms with van der Waals surface area (Å²) < 4.78 is 5.60. The van der Waals surface area contributed by atoms with Gasteiger partial charge < -0.3 is 14.7 Å². The highest BCUT2D eigenvalue weighted by Gasteiger charge is 2.02. The molecule has 0 saturated heterocycles. The molecule has 0 aliphatic heterocycles. The number of benzene rings is 1. The van der Waals surface area contributed by atoms with Gasteiger partial charge in [-0.1, -0.05) is 6.07 Å². The first-order valence-electron chi connectivity index (χ1n) is 6.61. The first-order valence-corrected chi connectivity index (χ1v) is 6.61. The molecular weight excluding hydrogens is 240 g/mol. The molecule has 0 heterocycles. The molecule has 0 bridgehead atoms. The average molecular weight is 262 g/mol. The number of aliphatic hydroxyl groups is 1. The topological polar surface area (TPSA) is 56.5 Å². The fourth-order valence-electron chi connectivity index (χ4n) is 1.70. The van der Waals surface area contributed by atoms with Crippen LogP contribution in [0.3, 0.4) is 0 Å². The summed E-state index contributed by atoms with van der Waals surface area (Å²) in [6, 6.07) is 9.28. The highest BCUT2D eigenvalue weighted by molar-refractivity contribution is 5.36. The summed E-state index contributed by atoms with van der Waals surface area (Å²) >= 11 is 0. The summed E-state index contributed by atoms with van der Waals surface area (Å²) in [6.45, 7) is 4.26. The monoisotopic (exact) mass is 262 g/mol. The summed E-state index contributed by atoms with van der Waals surface area (Å²) in [4.78, 5) is 2.18. The van der Waals surface area contributed by atoms with Crippen LogP contribution in [0, 0.1) is 11.3 Å². The van der Waals surface area contributed by atoms with E-state index >= 15 is 0 Å². The molecule has 0 aliphatic carbocycles. The van der Waals surface area contributed by atoms with Crippen molar-refractivity contribution < 1.29 is 9.84 Å². The molecule has 1 atom stereocenters. The minimum Gasteiger partial charge on any atom is -0.494 e. The quantitative estimate of drug-likeness (QED) is 0.728. The lowest BCUT2D eigenvalue weighted by molar-refractivity contribution is 0.162. The van der Waals surface area contributed by atoms with Crippen LogP contribution < -0.4 is 4.74 Å². The zero-order valence-corrected chi connectivity index (χ0v) is 11.7. The molecule has 0 radical (unpaired) electrons. The van der Waals surface area contributed by atoms with Crippen molar-refractivity contribution in [2.45, 2.75) is 25.9 Å². The molecule has 1 N–H and O–H groups in total. The second-order valence-corrected chi connectivity index (χ2v) is 4.78. The van der Waals surface area contributed by atoms with Crippen molar-refractivity contribution >= 4 is 0 Å². The lowest BCUT2D eigenvalue weighted by Gasteiger charge is -2.17. The third kappa shape index (κ3) is 6.80. The zero-order chi connectivity index (χ0) is 14.1. The van der Waals surface area contributed by atoms with Crippen molar-refractivity contribution in [2.75, 3.05) is 26.7 Å². The smallest absolute Gasteiger partial charge is 0.120 e. The third-order valence-electron chi connectivity index (χ3n) is 2.84. The lowest BCUT2D eigenvalue weighted by Crippen LogP contribution is -2.24. The van der Waals surface area contributed by atoms with Crippen LogP contribution in [-0.4, -0.2) is 42.9 Å². The Bertz CT molecular complexity index is 413. The van der Waals surface area contributed by atoms with Gasteiger partial charge in [-0.2, -0.15) is 5.26 Å². The van der Waals surface area contributed by atoms with Crippen molar-refractivity contribution in [1.29, 1.82) is 5.26 Å². The fraction of sp³-hybridized carbons (Fsp3) is 0.533. The van der Waals surface area contributed by atoms with E-state index in [9.17, 15) is 5.11 Å². The van der Waals surface area contributed by atoms with Crippen LogP contribution in [0.15, 0.2) is 24.3 Å². The van der Waals surface area contributed by atoms with Crippen LogP contribution in [0.5, 0.6) is 5.75 Å². The number of hydrogen-bond acceptors (Lipinski definition) is 4. The van der Waals surface area contributed by atoms with Gasteiger partial charge in [0, 0.05) is 13.1 Å². The molecule has 104 valence electrons. The fourth-order valence-corrected chi connectivity index (χ4v) is 1.70. The second kappa shape index (κ2) is 8.52. The van der Waals surface area contributed by atoms with Gasteiger partial charge >= 0.3 is 0 Å². The van der Waals surface area contributed by atoms with Crippen molar-refractivity contribution in [3.63, 3.8) is 0 Å². The van der Waals surface area contributed by atoms with E-state index in [0.717, 1.165) is 31.7 Å². The minimum atomic E-state index is -0.243. The first kappa shape index (κ1) is 15.5. The van der Waals surface area contributed by atoms with Crippen molar-refractivity contribution in [3.05, 3.63) is 29.8 Å². The van der Waals surface area contributed by atoms with Gasteiger partial charge in [-0.15, -0.1) is 0 Å². The predicted molar refractivity (Wildman–Crippen MR) is 75.1 cm³/mol. The van der Waals surface area contributed by atoms with Crippen molar-refractivity contribution in [1.82, 2.24) is 4.90 Å². The van der Waals surface area contributed by atoms with Gasteiger partial charge in [-0.25, -0.2) is 0 Å². The number of rotatable bonds is 8. The van der Waals surface area contributed by atoms with E-state index in [1.54, 1.807) is 19.1 Å². The summed E-state index contributed by atoms with van der Waals surface area (Å²) in [7, 11) is 2.04. The van der Waals surface area contributed by atoms with Gasteiger partial charge in [0.05, 0.1) is 24.3 Å². The number of nitriles is 1. The third-order valence-corrected chi connectivity index (χ3v) is 2.84. The number of hydrogen-bond donors (Lipinski definition) is 1. The Morgan fingerprint density at radius 1 is 1.42 bits per heavy atom. The minimum absolute atomic E-state index is 0.243. The van der Waals surface area contributed by atoms with Crippen LogP contribution in [0.1, 0.15) is 25.3 Å². The lowest BCUT2D eigenvalue weighted by atomic mass is 10.2. The average Bonchev–Trinajstić information content (AvgIpc) is 2.41. The molecule has 1 aromatic carbocycles. The molecule has 1 unspecified atom stereocenters. The maximum atomic E-state index is 9.19. The van der Waals surface area contributed by atoms with Gasteiger partial charge in [0.15, 0.2) is 0 Å². The Morgan fingerprint density at radius 2 is 2.21 bits per heavy atom. The zero-order valence-electron chi connectivity index (χ0n) is 11.7. The molecule has 1 rings (SSSR count). The Labute approximate surface area is 115 Å². The molecule has 1 aromatic rings.